The van der Waals surface area contributed by atoms with E-state index in [0.29, 0.717) is 0 Å². The minimum atomic E-state index is -1.79. The second kappa shape index (κ2) is 2.58. The third-order valence-corrected chi connectivity index (χ3v) is 0.656. The van der Waals surface area contributed by atoms with E-state index in [1.54, 1.807) is 6.92 Å². The summed E-state index contributed by atoms with van der Waals surface area (Å²) in [5.74, 6) is -1.28. The Labute approximate surface area is 43.5 Å². The van der Waals surface area contributed by atoms with Gasteiger partial charge in [0.25, 0.3) is 0 Å². The monoisotopic (exact) mass is 104 g/mol. The summed E-state index contributed by atoms with van der Waals surface area (Å²) in [5, 5.41) is 8.13. The topological polar surface area (TPSA) is 63.3 Å². The zero-order valence-electron chi connectivity index (χ0n) is 5.14. The standard InChI is InChI=1S/C4H9NO2/c1-2-3(5)4(6)7/h3H,2,5H2,1H3,(H,6,7)/t3-/m0/s1/i3D. The predicted molar refractivity (Wildman–Crippen MR) is 25.9 cm³/mol. The zero-order chi connectivity index (χ0) is 6.78. The van der Waals surface area contributed by atoms with E-state index in [9.17, 15) is 4.79 Å². The van der Waals surface area contributed by atoms with Crippen LogP contribution in [0, 0.1) is 0 Å². The van der Waals surface area contributed by atoms with Crippen LogP contribution < -0.4 is 5.73 Å². The molecule has 0 saturated heterocycles. The van der Waals surface area contributed by atoms with Crippen LogP contribution in [0.15, 0.2) is 0 Å². The quantitative estimate of drug-likeness (QED) is 0.510. The van der Waals surface area contributed by atoms with Gasteiger partial charge in [-0.1, -0.05) is 6.92 Å². The molecule has 0 heterocycles. The number of carboxylic acid groups (broad SMARTS) is 1. The number of nitrogens with two attached hydrogens (primary N) is 1. The van der Waals surface area contributed by atoms with E-state index in [0.717, 1.165) is 0 Å². The Morgan fingerprint density at radius 3 is 2.71 bits per heavy atom. The van der Waals surface area contributed by atoms with Crippen molar-refractivity contribution >= 4 is 5.97 Å². The molecule has 0 unspecified atom stereocenters. The first-order chi connectivity index (χ1) is 3.50. The number of rotatable bonds is 2. The van der Waals surface area contributed by atoms with E-state index in [2.05, 4.69) is 0 Å². The summed E-state index contributed by atoms with van der Waals surface area (Å²) < 4.78 is 6.81. The molecule has 0 aromatic rings. The molecule has 0 aromatic heterocycles. The van der Waals surface area contributed by atoms with Gasteiger partial charge in [0.2, 0.25) is 0 Å². The highest BCUT2D eigenvalue weighted by atomic mass is 16.4. The molecule has 0 spiro atoms. The lowest BCUT2D eigenvalue weighted by Crippen LogP contribution is -2.28. The average Bonchev–Trinajstić information content (AvgIpc) is 1.67. The first kappa shape index (κ1) is 4.59. The van der Waals surface area contributed by atoms with Crippen LogP contribution >= 0.6 is 0 Å². The van der Waals surface area contributed by atoms with Crippen LogP contribution in [-0.4, -0.2) is 17.1 Å². The molecule has 3 nitrogen and oxygen atoms in total. The third-order valence-electron chi connectivity index (χ3n) is 0.656. The Bertz CT molecular complexity index is 102. The maximum Gasteiger partial charge on any atom is 0.320 e. The van der Waals surface area contributed by atoms with Gasteiger partial charge in [-0.3, -0.25) is 4.79 Å². The van der Waals surface area contributed by atoms with Gasteiger partial charge < -0.3 is 10.8 Å². The normalized spacial score (nSPS) is 20.0. The largest absolute Gasteiger partial charge is 0.480 e. The Morgan fingerprint density at radius 2 is 2.71 bits per heavy atom. The maximum absolute atomic E-state index is 9.94. The van der Waals surface area contributed by atoms with Crippen molar-refractivity contribution in [3.8, 4) is 0 Å². The molecule has 0 amide bonds. The summed E-state index contributed by atoms with van der Waals surface area (Å²) in [5.41, 5.74) is 4.93. The lowest BCUT2D eigenvalue weighted by Gasteiger charge is -1.97. The second-order valence-electron chi connectivity index (χ2n) is 1.18. The number of hydrogen-bond donors (Lipinski definition) is 2. The number of carbonyl (C=O) groups is 1. The van der Waals surface area contributed by atoms with Crippen LogP contribution in [0.4, 0.5) is 0 Å². The molecule has 0 bridgehead atoms. The molecular formula is C4H9NO2. The van der Waals surface area contributed by atoms with Gasteiger partial charge in [-0.05, 0) is 6.42 Å². The molecule has 0 aliphatic carbocycles. The molecule has 3 heteroatoms. The smallest absolute Gasteiger partial charge is 0.320 e. The van der Waals surface area contributed by atoms with Gasteiger partial charge in [0.15, 0.2) is 0 Å². The van der Waals surface area contributed by atoms with Gasteiger partial charge in [-0.2, -0.15) is 0 Å². The van der Waals surface area contributed by atoms with E-state index < -0.39 is 12.0 Å². The van der Waals surface area contributed by atoms with Crippen LogP contribution in [0.3, 0.4) is 0 Å². The summed E-state index contributed by atoms with van der Waals surface area (Å²) >= 11 is 0. The molecule has 1 atom stereocenters. The fourth-order valence-corrected chi connectivity index (χ4v) is 0.151. The molecular weight excluding hydrogens is 94.0 g/mol. The van der Waals surface area contributed by atoms with Crippen LogP contribution in [0.1, 0.15) is 14.7 Å². The number of carboxylic acids is 1. The van der Waals surface area contributed by atoms with Crippen LogP contribution in [-0.2, 0) is 4.79 Å². The van der Waals surface area contributed by atoms with Gasteiger partial charge in [-0.15, -0.1) is 0 Å². The highest BCUT2D eigenvalue weighted by Crippen LogP contribution is 1.82. The second-order valence-corrected chi connectivity index (χ2v) is 1.18. The summed E-state index contributed by atoms with van der Waals surface area (Å²) in [7, 11) is 0. The number of hydrogen-bond acceptors (Lipinski definition) is 2. The van der Waals surface area contributed by atoms with E-state index in [1.807, 2.05) is 0 Å². The SMILES string of the molecule is [2H][C@](N)(CC)C(=O)O. The van der Waals surface area contributed by atoms with E-state index in [4.69, 9.17) is 12.2 Å². The van der Waals surface area contributed by atoms with Gasteiger partial charge >= 0.3 is 5.97 Å². The first-order valence-electron chi connectivity index (χ1n) is 2.53. The highest BCUT2D eigenvalue weighted by Gasteiger charge is 2.05. The molecule has 0 aliphatic rings. The molecule has 0 saturated carbocycles. The molecule has 0 radical (unpaired) electrons. The Kier molecular flexibility index (Phi) is 1.69. The van der Waals surface area contributed by atoms with Crippen molar-refractivity contribution in [1.29, 1.82) is 0 Å². The summed E-state index contributed by atoms with van der Waals surface area (Å²) in [6.07, 6.45) is 0.127. The van der Waals surface area contributed by atoms with Crippen molar-refractivity contribution in [2.24, 2.45) is 5.73 Å². The Hall–Kier alpha value is -0.570. The first-order valence-corrected chi connectivity index (χ1v) is 2.03. The van der Waals surface area contributed by atoms with Crippen molar-refractivity contribution in [3.05, 3.63) is 0 Å². The predicted octanol–water partition coefficient (Wildman–Crippen LogP) is -0.192. The van der Waals surface area contributed by atoms with Gasteiger partial charge in [0, 0.05) is 0 Å². The summed E-state index contributed by atoms with van der Waals surface area (Å²) in [4.78, 5) is 9.94. The van der Waals surface area contributed by atoms with Gasteiger partial charge in [-0.25, -0.2) is 0 Å². The van der Waals surface area contributed by atoms with E-state index in [1.165, 1.54) is 0 Å². The Balaban J connectivity index is 3.91. The van der Waals surface area contributed by atoms with Crippen molar-refractivity contribution in [2.75, 3.05) is 0 Å². The fraction of sp³-hybridized carbons (Fsp3) is 0.750. The van der Waals surface area contributed by atoms with Crippen molar-refractivity contribution in [3.63, 3.8) is 0 Å². The highest BCUT2D eigenvalue weighted by molar-refractivity contribution is 5.72. The molecule has 0 aliphatic heterocycles. The maximum atomic E-state index is 9.94. The van der Waals surface area contributed by atoms with Gasteiger partial charge in [0.05, 0.1) is 1.37 Å². The molecule has 0 aromatic carbocycles. The molecule has 0 rings (SSSR count). The van der Waals surface area contributed by atoms with Crippen molar-refractivity contribution < 1.29 is 11.3 Å². The lowest BCUT2D eigenvalue weighted by atomic mass is 10.2. The molecule has 7 heavy (non-hydrogen) atoms. The molecule has 42 valence electrons. The summed E-state index contributed by atoms with van der Waals surface area (Å²) in [6.45, 7) is 1.56. The summed E-state index contributed by atoms with van der Waals surface area (Å²) in [6, 6.07) is -1.79. The van der Waals surface area contributed by atoms with Crippen molar-refractivity contribution in [1.82, 2.24) is 0 Å². The minimum absolute atomic E-state index is 0.127. The van der Waals surface area contributed by atoms with E-state index >= 15 is 0 Å². The fourth-order valence-electron chi connectivity index (χ4n) is 0.151. The third kappa shape index (κ3) is 2.17. The molecule has 3 N–H and O–H groups in total. The zero-order valence-corrected chi connectivity index (χ0v) is 4.14. The lowest BCUT2D eigenvalue weighted by molar-refractivity contribution is -0.138. The van der Waals surface area contributed by atoms with Crippen LogP contribution in [0.25, 0.3) is 0 Å². The molecule has 0 fully saturated rings. The van der Waals surface area contributed by atoms with Crippen LogP contribution in [0.5, 0.6) is 0 Å². The average molecular weight is 104 g/mol. The van der Waals surface area contributed by atoms with Gasteiger partial charge in [0.1, 0.15) is 6.02 Å². The van der Waals surface area contributed by atoms with E-state index in [-0.39, 0.29) is 6.42 Å². The van der Waals surface area contributed by atoms with Crippen molar-refractivity contribution in [2.45, 2.75) is 19.4 Å². The minimum Gasteiger partial charge on any atom is -0.480 e. The Morgan fingerprint density at radius 1 is 2.29 bits per heavy atom. The van der Waals surface area contributed by atoms with Crippen LogP contribution in [0.2, 0.25) is 0 Å². The number of aliphatic carboxylic acids is 1.